The third-order valence-electron chi connectivity index (χ3n) is 5.74. The lowest BCUT2D eigenvalue weighted by molar-refractivity contribution is -0.120. The molecule has 0 aliphatic carbocycles. The minimum Gasteiger partial charge on any atom is -0.489 e. The third kappa shape index (κ3) is 6.44. The Kier molecular flexibility index (Phi) is 8.45. The quantitative estimate of drug-likeness (QED) is 0.478. The van der Waals surface area contributed by atoms with Crippen molar-refractivity contribution in [1.29, 1.82) is 0 Å². The zero-order valence-electron chi connectivity index (χ0n) is 19.5. The maximum atomic E-state index is 12.5. The average Bonchev–Trinajstić information content (AvgIpc) is 3.13. The Morgan fingerprint density at radius 3 is 2.34 bits per heavy atom. The van der Waals surface area contributed by atoms with Crippen LogP contribution in [0.15, 0.2) is 53.1 Å². The van der Waals surface area contributed by atoms with Gasteiger partial charge in [0, 0.05) is 13.1 Å². The summed E-state index contributed by atoms with van der Waals surface area (Å²) in [5.41, 5.74) is 5.18. The first-order valence-corrected chi connectivity index (χ1v) is 11.2. The molecule has 0 unspecified atom stereocenters. The molecule has 0 saturated carbocycles. The van der Waals surface area contributed by atoms with E-state index in [9.17, 15) is 4.79 Å². The molecule has 3 rings (SSSR count). The molecule has 170 valence electrons. The molecular formula is C26H33N3O3. The Hall–Kier alpha value is -3.12. The van der Waals surface area contributed by atoms with E-state index in [-0.39, 0.29) is 5.91 Å². The average molecular weight is 436 g/mol. The van der Waals surface area contributed by atoms with E-state index in [0.717, 1.165) is 53.5 Å². The van der Waals surface area contributed by atoms with Crippen molar-refractivity contribution in [3.63, 3.8) is 0 Å². The minimum absolute atomic E-state index is 0.00651. The molecular weight excluding hydrogens is 402 g/mol. The van der Waals surface area contributed by atoms with E-state index in [1.54, 1.807) is 0 Å². The molecule has 0 aliphatic heterocycles. The van der Waals surface area contributed by atoms with Crippen LogP contribution in [0.1, 0.15) is 47.6 Å². The van der Waals surface area contributed by atoms with E-state index in [2.05, 4.69) is 47.4 Å². The normalized spacial score (nSPS) is 11.0. The van der Waals surface area contributed by atoms with Crippen molar-refractivity contribution in [2.24, 2.45) is 0 Å². The number of carbonyl (C=O) groups excluding carboxylic acids is 1. The monoisotopic (exact) mass is 435 g/mol. The molecule has 0 aliphatic rings. The summed E-state index contributed by atoms with van der Waals surface area (Å²) in [6.07, 6.45) is 0.336. The fourth-order valence-electron chi connectivity index (χ4n) is 3.58. The number of aryl methyl sites for hydroxylation is 2. The number of hydrogen-bond donors (Lipinski definition) is 1. The molecule has 32 heavy (non-hydrogen) atoms. The molecule has 0 bridgehead atoms. The summed E-state index contributed by atoms with van der Waals surface area (Å²) in [7, 11) is 0. The summed E-state index contributed by atoms with van der Waals surface area (Å²) < 4.78 is 11.0. The van der Waals surface area contributed by atoms with Crippen LogP contribution in [0.5, 0.6) is 5.75 Å². The highest BCUT2D eigenvalue weighted by atomic mass is 16.5. The van der Waals surface area contributed by atoms with Gasteiger partial charge in [-0.1, -0.05) is 55.4 Å². The van der Waals surface area contributed by atoms with E-state index >= 15 is 0 Å². The second-order valence-electron chi connectivity index (χ2n) is 7.92. The van der Waals surface area contributed by atoms with E-state index in [1.807, 2.05) is 44.2 Å². The lowest BCUT2D eigenvalue weighted by Crippen LogP contribution is -2.27. The van der Waals surface area contributed by atoms with Crippen LogP contribution < -0.4 is 10.1 Å². The van der Waals surface area contributed by atoms with Crippen molar-refractivity contribution in [1.82, 2.24) is 15.4 Å². The second kappa shape index (κ2) is 11.5. The van der Waals surface area contributed by atoms with Crippen LogP contribution in [0.4, 0.5) is 0 Å². The van der Waals surface area contributed by atoms with E-state index in [4.69, 9.17) is 9.26 Å². The van der Waals surface area contributed by atoms with Crippen LogP contribution in [0, 0.1) is 13.8 Å². The van der Waals surface area contributed by atoms with Crippen molar-refractivity contribution in [3.8, 4) is 5.75 Å². The maximum Gasteiger partial charge on any atom is 0.224 e. The van der Waals surface area contributed by atoms with Crippen LogP contribution in [0.3, 0.4) is 0 Å². The molecule has 0 spiro atoms. The molecule has 6 nitrogen and oxygen atoms in total. The Morgan fingerprint density at radius 1 is 1.03 bits per heavy atom. The maximum absolute atomic E-state index is 12.5. The first kappa shape index (κ1) is 23.5. The van der Waals surface area contributed by atoms with Gasteiger partial charge in [-0.25, -0.2) is 0 Å². The summed E-state index contributed by atoms with van der Waals surface area (Å²) in [5, 5.41) is 7.00. The number of aromatic nitrogens is 1. The number of carbonyl (C=O) groups is 1. The van der Waals surface area contributed by atoms with E-state index < -0.39 is 0 Å². The largest absolute Gasteiger partial charge is 0.489 e. The van der Waals surface area contributed by atoms with E-state index in [0.29, 0.717) is 19.6 Å². The number of rotatable bonds is 11. The van der Waals surface area contributed by atoms with Crippen LogP contribution in [0.25, 0.3) is 0 Å². The first-order chi connectivity index (χ1) is 15.5. The van der Waals surface area contributed by atoms with Crippen molar-refractivity contribution < 1.29 is 14.1 Å². The van der Waals surface area contributed by atoms with Crippen LogP contribution in [0.2, 0.25) is 0 Å². The van der Waals surface area contributed by atoms with Crippen molar-refractivity contribution in [3.05, 3.63) is 82.2 Å². The van der Waals surface area contributed by atoms with Gasteiger partial charge in [-0.05, 0) is 55.8 Å². The summed E-state index contributed by atoms with van der Waals surface area (Å²) in [4.78, 5) is 14.9. The molecule has 3 aromatic rings. The summed E-state index contributed by atoms with van der Waals surface area (Å²) in [6.45, 7) is 12.0. The standard InChI is InChI=1S/C26H33N3O3/c1-5-29(6-2)17-23-10-8-7-9-22(23)16-27-26(30)15-21-11-13-24(14-12-21)31-18-25-19(3)28-32-20(25)4/h7-14H,5-6,15-18H2,1-4H3,(H,27,30). The highest BCUT2D eigenvalue weighted by molar-refractivity contribution is 5.78. The topological polar surface area (TPSA) is 67.6 Å². The Bertz CT molecular complexity index is 988. The molecule has 6 heteroatoms. The number of benzene rings is 2. The smallest absolute Gasteiger partial charge is 0.224 e. The zero-order chi connectivity index (χ0) is 22.9. The fourth-order valence-corrected chi connectivity index (χ4v) is 3.58. The highest BCUT2D eigenvalue weighted by Crippen LogP contribution is 2.18. The van der Waals surface area contributed by atoms with Gasteiger partial charge in [-0.15, -0.1) is 0 Å². The second-order valence-corrected chi connectivity index (χ2v) is 7.92. The van der Waals surface area contributed by atoms with Gasteiger partial charge in [0.2, 0.25) is 5.91 Å². The fraction of sp³-hybridized carbons (Fsp3) is 0.385. The lowest BCUT2D eigenvalue weighted by atomic mass is 10.1. The molecule has 0 atom stereocenters. The number of nitrogens with zero attached hydrogens (tertiary/aromatic N) is 2. The summed E-state index contributed by atoms with van der Waals surface area (Å²) >= 11 is 0. The summed E-state index contributed by atoms with van der Waals surface area (Å²) in [6, 6.07) is 15.9. The van der Waals surface area contributed by atoms with E-state index in [1.165, 1.54) is 5.56 Å². The van der Waals surface area contributed by atoms with Gasteiger partial charge in [-0.2, -0.15) is 0 Å². The first-order valence-electron chi connectivity index (χ1n) is 11.2. The van der Waals surface area contributed by atoms with Crippen LogP contribution in [-0.2, 0) is 30.9 Å². The molecule has 2 aromatic carbocycles. The van der Waals surface area contributed by atoms with Gasteiger partial charge in [0.1, 0.15) is 18.1 Å². The van der Waals surface area contributed by atoms with Crippen molar-refractivity contribution in [2.75, 3.05) is 13.1 Å². The number of ether oxygens (including phenoxy) is 1. The third-order valence-corrected chi connectivity index (χ3v) is 5.74. The number of hydrogen-bond acceptors (Lipinski definition) is 5. The SMILES string of the molecule is CCN(CC)Cc1ccccc1CNC(=O)Cc1ccc(OCc2c(C)noc2C)cc1. The number of nitrogens with one attached hydrogen (secondary N) is 1. The van der Waals surface area contributed by atoms with Gasteiger partial charge >= 0.3 is 0 Å². The lowest BCUT2D eigenvalue weighted by Gasteiger charge is -2.20. The molecule has 1 aromatic heterocycles. The van der Waals surface area contributed by atoms with Crippen molar-refractivity contribution >= 4 is 5.91 Å². The summed E-state index contributed by atoms with van der Waals surface area (Å²) in [5.74, 6) is 1.53. The minimum atomic E-state index is 0.00651. The van der Waals surface area contributed by atoms with Crippen LogP contribution >= 0.6 is 0 Å². The van der Waals surface area contributed by atoms with Gasteiger partial charge in [0.05, 0.1) is 17.7 Å². The van der Waals surface area contributed by atoms with Gasteiger partial charge < -0.3 is 14.6 Å². The zero-order valence-corrected chi connectivity index (χ0v) is 19.5. The Balaban J connectivity index is 1.50. The van der Waals surface area contributed by atoms with Crippen molar-refractivity contribution in [2.45, 2.75) is 53.8 Å². The predicted octanol–water partition coefficient (Wildman–Crippen LogP) is 4.57. The Labute approximate surface area is 190 Å². The molecule has 1 N–H and O–H groups in total. The molecule has 0 saturated heterocycles. The van der Waals surface area contributed by atoms with Gasteiger partial charge in [0.15, 0.2) is 0 Å². The van der Waals surface area contributed by atoms with Crippen LogP contribution in [-0.4, -0.2) is 29.1 Å². The van der Waals surface area contributed by atoms with Gasteiger partial charge in [0.25, 0.3) is 0 Å². The molecule has 0 fully saturated rings. The molecule has 1 amide bonds. The number of amides is 1. The highest BCUT2D eigenvalue weighted by Gasteiger charge is 2.11. The Morgan fingerprint density at radius 2 is 1.72 bits per heavy atom. The molecule has 0 radical (unpaired) electrons. The molecule has 1 heterocycles. The predicted molar refractivity (Wildman–Crippen MR) is 125 cm³/mol. The van der Waals surface area contributed by atoms with Gasteiger partial charge in [-0.3, -0.25) is 9.69 Å².